The summed E-state index contributed by atoms with van der Waals surface area (Å²) in [7, 11) is 2.26. The summed E-state index contributed by atoms with van der Waals surface area (Å²) in [5.74, 6) is -3.41. The topological polar surface area (TPSA) is 115 Å². The van der Waals surface area contributed by atoms with E-state index in [4.69, 9.17) is 0 Å². The fourth-order valence-corrected chi connectivity index (χ4v) is 2.19. The minimum absolute atomic E-state index is 0.171. The number of amides is 1. The number of para-hydroxylation sites is 1. The molecule has 0 radical (unpaired) electrons. The van der Waals surface area contributed by atoms with Crippen LogP contribution in [0.5, 0.6) is 0 Å². The number of nitrogens with one attached hydrogen (secondary N) is 2. The van der Waals surface area contributed by atoms with Crippen LogP contribution in [0.3, 0.4) is 0 Å². The second-order valence-electron chi connectivity index (χ2n) is 4.91. The van der Waals surface area contributed by atoms with Crippen molar-refractivity contribution >= 4 is 34.5 Å². The molecule has 24 heavy (non-hydrogen) atoms. The van der Waals surface area contributed by atoms with Gasteiger partial charge in [-0.05, 0) is 6.07 Å². The molecule has 0 saturated heterocycles. The maximum atomic E-state index is 12.3. The molecule has 126 valence electrons. The molecule has 1 aromatic heterocycles. The molecule has 0 unspecified atom stereocenters. The molecule has 2 rings (SSSR count). The minimum atomic E-state index is -1.30. The van der Waals surface area contributed by atoms with E-state index in [0.29, 0.717) is 10.9 Å². The first-order chi connectivity index (χ1) is 11.5. The van der Waals surface area contributed by atoms with Gasteiger partial charge >= 0.3 is 11.9 Å². The fourth-order valence-electron chi connectivity index (χ4n) is 2.19. The average Bonchev–Trinajstić information content (AvgIpc) is 3.03. The van der Waals surface area contributed by atoms with Gasteiger partial charge in [0.1, 0.15) is 6.04 Å². The lowest BCUT2D eigenvalue weighted by atomic mass is 10.1. The molecule has 0 bridgehead atoms. The lowest BCUT2D eigenvalue weighted by Crippen LogP contribution is -2.45. The Morgan fingerprint density at radius 3 is 2.50 bits per heavy atom. The van der Waals surface area contributed by atoms with Crippen LogP contribution in [0.2, 0.25) is 0 Å². The van der Waals surface area contributed by atoms with Crippen molar-refractivity contribution in [3.05, 3.63) is 36.0 Å². The summed E-state index contributed by atoms with van der Waals surface area (Å²) < 4.78 is 8.98. The molecule has 0 fully saturated rings. The number of carbonyl (C=O) groups excluding carboxylic acids is 4. The lowest BCUT2D eigenvalue weighted by molar-refractivity contribution is -0.150. The predicted octanol–water partition coefficient (Wildman–Crippen LogP) is 0.571. The average molecular weight is 332 g/mol. The molecule has 2 aromatic rings. The Labute approximate surface area is 137 Å². The summed E-state index contributed by atoms with van der Waals surface area (Å²) in [5.41, 5.74) is 0.873. The summed E-state index contributed by atoms with van der Waals surface area (Å²) in [6.07, 6.45) is 0.982. The highest BCUT2D eigenvalue weighted by atomic mass is 16.5. The Hall–Kier alpha value is -3.16. The molecule has 0 aliphatic carbocycles. The number of benzene rings is 1. The standard InChI is InChI=1S/C16H16N2O6/c1-23-13(19)7-12(16(22)24-2)18-15(21)14(20)10-8-17-11-6-4-3-5-9(10)11/h3-6,8,12,17H,7H2,1-2H3,(H,18,21)/t12-/m0/s1. The highest BCUT2D eigenvalue weighted by Crippen LogP contribution is 2.18. The predicted molar refractivity (Wildman–Crippen MR) is 83.2 cm³/mol. The lowest BCUT2D eigenvalue weighted by Gasteiger charge is -2.14. The molecule has 8 heteroatoms. The number of aromatic amines is 1. The molecule has 0 saturated carbocycles. The first-order valence-corrected chi connectivity index (χ1v) is 7.04. The van der Waals surface area contributed by atoms with Crippen LogP contribution >= 0.6 is 0 Å². The van der Waals surface area contributed by atoms with Crippen molar-refractivity contribution in [1.29, 1.82) is 0 Å². The van der Waals surface area contributed by atoms with Crippen molar-refractivity contribution in [2.45, 2.75) is 12.5 Å². The van der Waals surface area contributed by atoms with Gasteiger partial charge in [-0.2, -0.15) is 0 Å². The van der Waals surface area contributed by atoms with Crippen LogP contribution in [0.1, 0.15) is 16.8 Å². The number of hydrogen-bond acceptors (Lipinski definition) is 6. The maximum absolute atomic E-state index is 12.3. The molecule has 0 aliphatic rings. The van der Waals surface area contributed by atoms with Gasteiger partial charge < -0.3 is 19.8 Å². The van der Waals surface area contributed by atoms with E-state index in [0.717, 1.165) is 14.2 Å². The smallest absolute Gasteiger partial charge is 0.328 e. The van der Waals surface area contributed by atoms with Crippen molar-refractivity contribution in [3.63, 3.8) is 0 Å². The normalized spacial score (nSPS) is 11.6. The monoisotopic (exact) mass is 332 g/mol. The van der Waals surface area contributed by atoms with E-state index in [9.17, 15) is 19.2 Å². The molecule has 8 nitrogen and oxygen atoms in total. The van der Waals surface area contributed by atoms with Crippen LogP contribution in [0, 0.1) is 0 Å². The minimum Gasteiger partial charge on any atom is -0.469 e. The van der Waals surface area contributed by atoms with Gasteiger partial charge in [-0.15, -0.1) is 0 Å². The molecule has 2 N–H and O–H groups in total. The zero-order chi connectivity index (χ0) is 17.7. The zero-order valence-electron chi connectivity index (χ0n) is 13.1. The Morgan fingerprint density at radius 1 is 1.12 bits per heavy atom. The van der Waals surface area contributed by atoms with Crippen molar-refractivity contribution in [1.82, 2.24) is 10.3 Å². The third kappa shape index (κ3) is 3.60. The van der Waals surface area contributed by atoms with Crippen LogP contribution in [0.4, 0.5) is 0 Å². The van der Waals surface area contributed by atoms with Gasteiger partial charge in [0.05, 0.1) is 26.2 Å². The number of ether oxygens (including phenoxy) is 2. The van der Waals surface area contributed by atoms with Gasteiger partial charge in [0.15, 0.2) is 0 Å². The second-order valence-corrected chi connectivity index (χ2v) is 4.91. The van der Waals surface area contributed by atoms with Gasteiger partial charge in [0.25, 0.3) is 11.7 Å². The number of rotatable bonds is 6. The summed E-state index contributed by atoms with van der Waals surface area (Å²) in [6.45, 7) is 0. The molecular weight excluding hydrogens is 316 g/mol. The van der Waals surface area contributed by atoms with Crippen molar-refractivity contribution in [2.24, 2.45) is 0 Å². The van der Waals surface area contributed by atoms with E-state index < -0.39 is 36.1 Å². The quantitative estimate of drug-likeness (QED) is 0.454. The number of Topliss-reactive ketones (excluding diaryl/α,β-unsaturated/α-hetero) is 1. The Morgan fingerprint density at radius 2 is 1.83 bits per heavy atom. The molecule has 1 amide bonds. The van der Waals surface area contributed by atoms with Crippen molar-refractivity contribution in [2.75, 3.05) is 14.2 Å². The Balaban J connectivity index is 2.18. The van der Waals surface area contributed by atoms with Crippen molar-refractivity contribution < 1.29 is 28.7 Å². The molecule has 1 heterocycles. The molecule has 0 spiro atoms. The largest absolute Gasteiger partial charge is 0.469 e. The third-order valence-electron chi connectivity index (χ3n) is 3.43. The number of fused-ring (bicyclic) bond motifs is 1. The number of aromatic nitrogens is 1. The second kappa shape index (κ2) is 7.40. The van der Waals surface area contributed by atoms with Gasteiger partial charge in [-0.3, -0.25) is 14.4 Å². The maximum Gasteiger partial charge on any atom is 0.328 e. The van der Waals surface area contributed by atoms with E-state index in [1.54, 1.807) is 24.3 Å². The number of H-pyrrole nitrogens is 1. The number of ketones is 1. The van der Waals surface area contributed by atoms with E-state index in [1.807, 2.05) is 0 Å². The number of hydrogen-bond donors (Lipinski definition) is 2. The van der Waals surface area contributed by atoms with Gasteiger partial charge in [0, 0.05) is 17.1 Å². The number of methoxy groups -OCH3 is 2. The van der Waals surface area contributed by atoms with Crippen LogP contribution in [0.15, 0.2) is 30.5 Å². The number of esters is 2. The summed E-state index contributed by atoms with van der Waals surface area (Å²) >= 11 is 0. The SMILES string of the molecule is COC(=O)C[C@H](NC(=O)C(=O)c1c[nH]c2ccccc12)C(=O)OC. The molecule has 1 atom stereocenters. The number of carbonyl (C=O) groups is 4. The Bertz CT molecular complexity index is 795. The first kappa shape index (κ1) is 17.2. The molecule has 0 aliphatic heterocycles. The van der Waals surface area contributed by atoms with Crippen molar-refractivity contribution in [3.8, 4) is 0 Å². The fraction of sp³-hybridized carbons (Fsp3) is 0.250. The summed E-state index contributed by atoms with van der Waals surface area (Å²) in [4.78, 5) is 50.3. The third-order valence-corrected chi connectivity index (χ3v) is 3.43. The summed E-state index contributed by atoms with van der Waals surface area (Å²) in [6, 6.07) is 5.68. The van der Waals surface area contributed by atoms with Crippen LogP contribution < -0.4 is 5.32 Å². The van der Waals surface area contributed by atoms with Gasteiger partial charge in [-0.1, -0.05) is 18.2 Å². The van der Waals surface area contributed by atoms with E-state index in [-0.39, 0.29) is 5.56 Å². The molecular formula is C16H16N2O6. The molecule has 1 aromatic carbocycles. The summed E-state index contributed by atoms with van der Waals surface area (Å²) in [5, 5.41) is 2.79. The zero-order valence-corrected chi connectivity index (χ0v) is 13.1. The highest BCUT2D eigenvalue weighted by Gasteiger charge is 2.29. The Kier molecular flexibility index (Phi) is 5.31. The first-order valence-electron chi connectivity index (χ1n) is 7.04. The van der Waals surface area contributed by atoms with E-state index in [1.165, 1.54) is 6.20 Å². The van der Waals surface area contributed by atoms with E-state index >= 15 is 0 Å². The van der Waals surface area contributed by atoms with Crippen LogP contribution in [-0.2, 0) is 23.9 Å². The van der Waals surface area contributed by atoms with Crippen LogP contribution in [0.25, 0.3) is 10.9 Å². The van der Waals surface area contributed by atoms with Gasteiger partial charge in [-0.25, -0.2) is 4.79 Å². The van der Waals surface area contributed by atoms with Crippen LogP contribution in [-0.4, -0.2) is 48.9 Å². The highest BCUT2D eigenvalue weighted by molar-refractivity contribution is 6.45. The van der Waals surface area contributed by atoms with Gasteiger partial charge in [0.2, 0.25) is 0 Å². The van der Waals surface area contributed by atoms with E-state index in [2.05, 4.69) is 19.8 Å².